The molecule has 0 spiro atoms. The van der Waals surface area contributed by atoms with Gasteiger partial charge in [0.15, 0.2) is 0 Å². The summed E-state index contributed by atoms with van der Waals surface area (Å²) in [6, 6.07) is 15.7. The van der Waals surface area contributed by atoms with Crippen LogP contribution >= 0.6 is 0 Å². The third-order valence-corrected chi connectivity index (χ3v) is 5.92. The Bertz CT molecular complexity index is 928. The van der Waals surface area contributed by atoms with Crippen LogP contribution in [0.2, 0.25) is 0 Å². The van der Waals surface area contributed by atoms with Gasteiger partial charge in [-0.2, -0.15) is 0 Å². The number of carboxylic acids is 1. The Hall–Kier alpha value is -3.35. The van der Waals surface area contributed by atoms with E-state index in [4.69, 9.17) is 4.74 Å². The highest BCUT2D eigenvalue weighted by Gasteiger charge is 2.34. The molecule has 1 fully saturated rings. The van der Waals surface area contributed by atoms with Gasteiger partial charge in [-0.1, -0.05) is 55.0 Å². The highest BCUT2D eigenvalue weighted by Crippen LogP contribution is 2.44. The van der Waals surface area contributed by atoms with Crippen molar-refractivity contribution < 1.29 is 24.2 Å². The fourth-order valence-corrected chi connectivity index (χ4v) is 4.49. The number of alkyl carbamates (subject to hydrolysis) is 1. The lowest BCUT2D eigenvalue weighted by Gasteiger charge is -2.18. The maximum Gasteiger partial charge on any atom is 0.407 e. The standard InChI is InChI=1S/C23H24N2O5/c26-21(25-20-11-5-10-18(20)22(27)28)12-24-23(29)30-13-19-16-8-3-1-6-14(16)15-7-2-4-9-17(15)19/h1-4,6-9,18-20H,5,10-13H2,(H,24,29)(H,25,26)(H,27,28)/t18-,20+/m1/s1. The normalized spacial score (nSPS) is 19.6. The average Bonchev–Trinajstić information content (AvgIpc) is 3.33. The monoisotopic (exact) mass is 408 g/mol. The Labute approximate surface area is 174 Å². The zero-order chi connectivity index (χ0) is 21.1. The van der Waals surface area contributed by atoms with E-state index in [-0.39, 0.29) is 25.1 Å². The molecule has 0 aromatic heterocycles. The second-order valence-electron chi connectivity index (χ2n) is 7.73. The van der Waals surface area contributed by atoms with Gasteiger partial charge in [-0.05, 0) is 35.1 Å². The molecule has 30 heavy (non-hydrogen) atoms. The first-order chi connectivity index (χ1) is 14.5. The first-order valence-corrected chi connectivity index (χ1v) is 10.2. The van der Waals surface area contributed by atoms with Crippen LogP contribution in [0.1, 0.15) is 36.3 Å². The number of aliphatic carboxylic acids is 1. The molecule has 7 nitrogen and oxygen atoms in total. The summed E-state index contributed by atoms with van der Waals surface area (Å²) in [5, 5.41) is 14.3. The van der Waals surface area contributed by atoms with Crippen LogP contribution in [-0.4, -0.2) is 42.3 Å². The van der Waals surface area contributed by atoms with Gasteiger partial charge in [0, 0.05) is 12.0 Å². The van der Waals surface area contributed by atoms with Crippen LogP contribution in [0.25, 0.3) is 11.1 Å². The molecule has 156 valence electrons. The van der Waals surface area contributed by atoms with E-state index >= 15 is 0 Å². The number of nitrogens with one attached hydrogen (secondary N) is 2. The minimum Gasteiger partial charge on any atom is -0.481 e. The van der Waals surface area contributed by atoms with E-state index in [0.29, 0.717) is 12.8 Å². The number of hydrogen-bond donors (Lipinski definition) is 3. The van der Waals surface area contributed by atoms with Crippen LogP contribution in [0.5, 0.6) is 0 Å². The van der Waals surface area contributed by atoms with Crippen molar-refractivity contribution in [3.63, 3.8) is 0 Å². The van der Waals surface area contributed by atoms with Gasteiger partial charge in [-0.3, -0.25) is 9.59 Å². The highest BCUT2D eigenvalue weighted by molar-refractivity contribution is 5.83. The molecular weight excluding hydrogens is 384 g/mol. The maximum atomic E-state index is 12.1. The lowest BCUT2D eigenvalue weighted by molar-refractivity contribution is -0.142. The average molecular weight is 408 g/mol. The topological polar surface area (TPSA) is 105 Å². The molecule has 0 aliphatic heterocycles. The van der Waals surface area contributed by atoms with E-state index in [9.17, 15) is 19.5 Å². The summed E-state index contributed by atoms with van der Waals surface area (Å²) in [6.45, 7) is -0.0787. The summed E-state index contributed by atoms with van der Waals surface area (Å²) in [5.41, 5.74) is 4.52. The molecular formula is C23H24N2O5. The molecule has 4 rings (SSSR count). The van der Waals surface area contributed by atoms with Crippen LogP contribution in [0, 0.1) is 5.92 Å². The summed E-state index contributed by atoms with van der Waals surface area (Å²) in [4.78, 5) is 35.4. The molecule has 2 aromatic carbocycles. The van der Waals surface area contributed by atoms with Crippen LogP contribution in [0.15, 0.2) is 48.5 Å². The molecule has 0 bridgehead atoms. The van der Waals surface area contributed by atoms with Crippen molar-refractivity contribution in [2.45, 2.75) is 31.2 Å². The first-order valence-electron chi connectivity index (χ1n) is 10.2. The summed E-state index contributed by atoms with van der Waals surface area (Å²) in [5.74, 6) is -1.93. The van der Waals surface area contributed by atoms with Crippen molar-refractivity contribution in [1.29, 1.82) is 0 Å². The second-order valence-corrected chi connectivity index (χ2v) is 7.73. The van der Waals surface area contributed by atoms with Crippen LogP contribution in [-0.2, 0) is 14.3 Å². The minimum absolute atomic E-state index is 0.0493. The predicted octanol–water partition coefficient (Wildman–Crippen LogP) is 2.89. The molecule has 2 amide bonds. The first kappa shape index (κ1) is 19.9. The molecule has 3 N–H and O–H groups in total. The number of hydrogen-bond acceptors (Lipinski definition) is 4. The molecule has 2 aromatic rings. The lowest BCUT2D eigenvalue weighted by atomic mass is 9.98. The molecule has 0 heterocycles. The smallest absolute Gasteiger partial charge is 0.407 e. The van der Waals surface area contributed by atoms with E-state index in [1.807, 2.05) is 36.4 Å². The Morgan fingerprint density at radius 1 is 0.967 bits per heavy atom. The lowest BCUT2D eigenvalue weighted by Crippen LogP contribution is -2.45. The number of ether oxygens (including phenoxy) is 1. The van der Waals surface area contributed by atoms with Crippen molar-refractivity contribution in [2.75, 3.05) is 13.2 Å². The highest BCUT2D eigenvalue weighted by atomic mass is 16.5. The van der Waals surface area contributed by atoms with Crippen molar-refractivity contribution in [3.8, 4) is 11.1 Å². The Kier molecular flexibility index (Phi) is 5.70. The van der Waals surface area contributed by atoms with Crippen molar-refractivity contribution in [1.82, 2.24) is 10.6 Å². The predicted molar refractivity (Wildman–Crippen MR) is 110 cm³/mol. The third kappa shape index (κ3) is 4.01. The van der Waals surface area contributed by atoms with Gasteiger partial charge in [0.05, 0.1) is 5.92 Å². The Morgan fingerprint density at radius 3 is 2.23 bits per heavy atom. The second kappa shape index (κ2) is 8.57. The number of carbonyl (C=O) groups excluding carboxylic acids is 2. The maximum absolute atomic E-state index is 12.1. The number of carboxylic acid groups (broad SMARTS) is 1. The number of benzene rings is 2. The van der Waals surface area contributed by atoms with E-state index in [1.165, 1.54) is 0 Å². The van der Waals surface area contributed by atoms with Gasteiger partial charge in [-0.25, -0.2) is 4.79 Å². The summed E-state index contributed by atoms with van der Waals surface area (Å²) in [6.07, 6.45) is 1.28. The number of amides is 2. The van der Waals surface area contributed by atoms with Gasteiger partial charge in [-0.15, -0.1) is 0 Å². The molecule has 2 atom stereocenters. The fourth-order valence-electron chi connectivity index (χ4n) is 4.49. The Balaban J connectivity index is 1.29. The van der Waals surface area contributed by atoms with E-state index < -0.39 is 23.9 Å². The third-order valence-electron chi connectivity index (χ3n) is 5.92. The molecule has 7 heteroatoms. The SMILES string of the molecule is O=C(CNC(=O)OCC1c2ccccc2-c2ccccc21)N[C@H]1CCC[C@H]1C(=O)O. The van der Waals surface area contributed by atoms with Gasteiger partial charge in [0.25, 0.3) is 0 Å². The fraction of sp³-hybridized carbons (Fsp3) is 0.348. The largest absolute Gasteiger partial charge is 0.481 e. The summed E-state index contributed by atoms with van der Waals surface area (Å²) in [7, 11) is 0. The van der Waals surface area contributed by atoms with Gasteiger partial charge in [0.2, 0.25) is 5.91 Å². The number of carbonyl (C=O) groups is 3. The number of fused-ring (bicyclic) bond motifs is 3. The van der Waals surface area contributed by atoms with Gasteiger partial charge >= 0.3 is 12.1 Å². The molecule has 2 aliphatic carbocycles. The van der Waals surface area contributed by atoms with E-state index in [2.05, 4.69) is 22.8 Å². The van der Waals surface area contributed by atoms with E-state index in [1.54, 1.807) is 0 Å². The molecule has 2 aliphatic rings. The van der Waals surface area contributed by atoms with Crippen LogP contribution < -0.4 is 10.6 Å². The zero-order valence-corrected chi connectivity index (χ0v) is 16.5. The van der Waals surface area contributed by atoms with Crippen LogP contribution in [0.4, 0.5) is 4.79 Å². The molecule has 1 saturated carbocycles. The number of rotatable bonds is 6. The summed E-state index contributed by atoms with van der Waals surface area (Å²) < 4.78 is 5.40. The van der Waals surface area contributed by atoms with Crippen molar-refractivity contribution in [2.24, 2.45) is 5.92 Å². The molecule has 0 radical (unpaired) electrons. The van der Waals surface area contributed by atoms with Crippen molar-refractivity contribution >= 4 is 18.0 Å². The summed E-state index contributed by atoms with van der Waals surface area (Å²) >= 11 is 0. The van der Waals surface area contributed by atoms with Gasteiger partial charge in [0.1, 0.15) is 13.2 Å². The van der Waals surface area contributed by atoms with Crippen LogP contribution in [0.3, 0.4) is 0 Å². The molecule has 0 saturated heterocycles. The minimum atomic E-state index is -0.901. The molecule has 0 unspecified atom stereocenters. The van der Waals surface area contributed by atoms with E-state index in [0.717, 1.165) is 28.7 Å². The Morgan fingerprint density at radius 2 is 1.60 bits per heavy atom. The zero-order valence-electron chi connectivity index (χ0n) is 16.5. The quantitative estimate of drug-likeness (QED) is 0.682. The van der Waals surface area contributed by atoms with Gasteiger partial charge < -0.3 is 20.5 Å². The van der Waals surface area contributed by atoms with Crippen molar-refractivity contribution in [3.05, 3.63) is 59.7 Å².